The number of hydrogen-bond acceptors (Lipinski definition) is 21. The molecule has 2 fully saturated rings. The molecule has 2 aliphatic rings. The Morgan fingerprint density at radius 2 is 1.09 bits per heavy atom. The van der Waals surface area contributed by atoms with Gasteiger partial charge < -0.3 is 56.7 Å². The fourth-order valence-corrected chi connectivity index (χ4v) is 5.30. The molecule has 2 heterocycles. The third-order valence-electron chi connectivity index (χ3n) is 5.49. The summed E-state index contributed by atoms with van der Waals surface area (Å²) in [6.07, 6.45) is -19.4. The van der Waals surface area contributed by atoms with E-state index in [-0.39, 0.29) is 118 Å². The van der Waals surface area contributed by atoms with Crippen molar-refractivity contribution >= 4 is 37.2 Å². The van der Waals surface area contributed by atoms with Crippen LogP contribution in [0, 0.1) is 0 Å². The quantitative estimate of drug-likeness (QED) is 0.0906. The molecule has 0 N–H and O–H groups in total. The molecule has 0 aromatic carbocycles. The van der Waals surface area contributed by atoms with Gasteiger partial charge in [0.25, 0.3) is 0 Å². The fourth-order valence-electron chi connectivity index (χ4n) is 4.04. The topological polar surface area (TPSA) is 304 Å². The second kappa shape index (κ2) is 21.9. The van der Waals surface area contributed by atoms with Crippen molar-refractivity contribution in [2.75, 3.05) is 35.0 Å². The van der Waals surface area contributed by atoms with E-state index < -0.39 is 105 Å². The van der Waals surface area contributed by atoms with Crippen LogP contribution in [0.15, 0.2) is 0 Å². The number of hydrogen-bond donors (Lipinski definition) is 0. The van der Waals surface area contributed by atoms with Gasteiger partial charge in [-0.1, -0.05) is 0 Å². The van der Waals surface area contributed by atoms with Crippen LogP contribution in [0.1, 0.15) is 0 Å². The standard InChI is InChI=1S/C16H28O21S3.4Na/c1-28-8-9(29-2)12(30-3)16(35-11(8)14(17)18)34-7-6(5-32-38(19,20)21)33-15(31-4)13(37-40(25,26)27)10(7)36-39(22,23)24;;;;/h6-13,15-16H,5H2,1-4H3,(H,17,18)(H,19,20,21)(H,22,23,24)(H,25,26,27);;;;/q;4*+1/p-4/t6-,7-,8+,9+,10+,11+,12-,13-,15+,16-;;;;/m1..../s1. The van der Waals surface area contributed by atoms with Crippen molar-refractivity contribution in [1.82, 2.24) is 0 Å². The molecular weight excluding hydrogens is 716 g/mol. The number of aliphatic carboxylic acids is 1. The van der Waals surface area contributed by atoms with E-state index in [2.05, 4.69) is 12.5 Å². The fraction of sp³-hybridized carbons (Fsp3) is 0.938. The van der Waals surface area contributed by atoms with Gasteiger partial charge in [-0.3, -0.25) is 12.5 Å². The average molecular weight is 741 g/mol. The minimum Gasteiger partial charge on any atom is -0.726 e. The van der Waals surface area contributed by atoms with Gasteiger partial charge in [0.2, 0.25) is 31.2 Å². The van der Waals surface area contributed by atoms with Gasteiger partial charge in [-0.15, -0.1) is 0 Å². The Hall–Kier alpha value is 2.80. The van der Waals surface area contributed by atoms with Gasteiger partial charge >= 0.3 is 118 Å². The minimum absolute atomic E-state index is 0. The molecule has 0 bridgehead atoms. The third-order valence-corrected chi connectivity index (χ3v) is 6.83. The summed E-state index contributed by atoms with van der Waals surface area (Å²) in [6.45, 7) is -1.31. The molecule has 10 atom stereocenters. The van der Waals surface area contributed by atoms with Crippen LogP contribution in [0.4, 0.5) is 0 Å². The molecule has 0 aromatic heterocycles. The van der Waals surface area contributed by atoms with Gasteiger partial charge in [-0.05, 0) is 0 Å². The molecule has 0 amide bonds. The summed E-state index contributed by atoms with van der Waals surface area (Å²) in [6, 6.07) is 0. The number of rotatable bonds is 14. The summed E-state index contributed by atoms with van der Waals surface area (Å²) in [5.41, 5.74) is 0. The maximum Gasteiger partial charge on any atom is 1.00 e. The first-order valence-corrected chi connectivity index (χ1v) is 14.5. The predicted molar refractivity (Wildman–Crippen MR) is 111 cm³/mol. The van der Waals surface area contributed by atoms with E-state index in [0.29, 0.717) is 0 Å². The first-order chi connectivity index (χ1) is 18.4. The van der Waals surface area contributed by atoms with Crippen molar-refractivity contribution in [2.24, 2.45) is 0 Å². The maximum absolute atomic E-state index is 11.7. The molecule has 0 unspecified atom stereocenters. The third kappa shape index (κ3) is 15.4. The van der Waals surface area contributed by atoms with Crippen LogP contribution in [0.5, 0.6) is 0 Å². The zero-order chi connectivity index (χ0) is 30.6. The Labute approximate surface area is 341 Å². The van der Waals surface area contributed by atoms with Gasteiger partial charge in [0.05, 0.1) is 12.6 Å². The second-order valence-corrected chi connectivity index (χ2v) is 10.9. The van der Waals surface area contributed by atoms with Gasteiger partial charge in [0.1, 0.15) is 42.7 Å². The first-order valence-electron chi connectivity index (χ1n) is 10.5. The van der Waals surface area contributed by atoms with E-state index in [4.69, 9.17) is 33.2 Å². The van der Waals surface area contributed by atoms with Crippen LogP contribution in [0.3, 0.4) is 0 Å². The zero-order valence-electron chi connectivity index (χ0n) is 24.8. The van der Waals surface area contributed by atoms with Crippen molar-refractivity contribution < 1.29 is 213 Å². The largest absolute Gasteiger partial charge is 1.00 e. The van der Waals surface area contributed by atoms with E-state index in [1.807, 2.05) is 0 Å². The first kappa shape index (κ1) is 51.2. The van der Waals surface area contributed by atoms with Crippen LogP contribution >= 0.6 is 0 Å². The van der Waals surface area contributed by atoms with Crippen molar-refractivity contribution in [3.63, 3.8) is 0 Å². The van der Waals surface area contributed by atoms with E-state index in [1.54, 1.807) is 0 Å². The predicted octanol–water partition coefficient (Wildman–Crippen LogP) is -17.6. The monoisotopic (exact) mass is 740 g/mol. The number of carbonyl (C=O) groups excluding carboxylic acids is 1. The Bertz CT molecular complexity index is 1190. The summed E-state index contributed by atoms with van der Waals surface area (Å²) in [5.74, 6) is -1.86. The van der Waals surface area contributed by atoms with Crippen molar-refractivity contribution in [2.45, 2.75) is 61.4 Å². The Balaban J connectivity index is -0.00000420. The molecule has 0 aromatic rings. The number of carboxylic acids is 1. The molecule has 0 saturated carbocycles. The van der Waals surface area contributed by atoms with Crippen molar-refractivity contribution in [1.29, 1.82) is 0 Å². The van der Waals surface area contributed by atoms with Gasteiger partial charge in [-0.25, -0.2) is 25.3 Å². The van der Waals surface area contributed by atoms with E-state index in [9.17, 15) is 48.8 Å². The van der Waals surface area contributed by atoms with E-state index >= 15 is 0 Å². The summed E-state index contributed by atoms with van der Waals surface area (Å²) >= 11 is 0. The Morgan fingerprint density at radius 1 is 0.614 bits per heavy atom. The SMILES string of the molecule is CO[C@H]1O[C@H](COS(=O)(=O)[O-])[C@@H](O[C@@H]2O[C@H](C(=O)[O-])[C@@H](OC)[C@H](OC)[C@H]2OC)[C@H](OS(=O)(=O)[O-])[C@H]1OS(=O)(=O)[O-].[Na+].[Na+].[Na+].[Na+]. The summed E-state index contributed by atoms with van der Waals surface area (Å²) in [5, 5.41) is 11.7. The van der Waals surface area contributed by atoms with Crippen LogP contribution in [0.25, 0.3) is 0 Å². The minimum atomic E-state index is -5.82. The van der Waals surface area contributed by atoms with Crippen LogP contribution < -0.4 is 123 Å². The molecule has 236 valence electrons. The molecule has 28 heteroatoms. The van der Waals surface area contributed by atoms with Gasteiger partial charge in [-0.2, -0.15) is 0 Å². The maximum atomic E-state index is 11.7. The molecule has 2 saturated heterocycles. The molecule has 44 heavy (non-hydrogen) atoms. The molecule has 2 rings (SSSR count). The zero-order valence-corrected chi connectivity index (χ0v) is 35.2. The van der Waals surface area contributed by atoms with Crippen molar-refractivity contribution in [3.8, 4) is 0 Å². The number of methoxy groups -OCH3 is 4. The Morgan fingerprint density at radius 3 is 1.48 bits per heavy atom. The molecule has 0 spiro atoms. The van der Waals surface area contributed by atoms with E-state index in [0.717, 1.165) is 28.4 Å². The van der Waals surface area contributed by atoms with E-state index in [1.165, 1.54) is 0 Å². The molecule has 21 nitrogen and oxygen atoms in total. The molecule has 0 aliphatic carbocycles. The van der Waals surface area contributed by atoms with Crippen LogP contribution in [0.2, 0.25) is 0 Å². The smallest absolute Gasteiger partial charge is 0.726 e. The number of carboxylic acid groups (broad SMARTS) is 1. The van der Waals surface area contributed by atoms with Gasteiger partial charge in [0.15, 0.2) is 18.7 Å². The normalized spacial score (nSPS) is 32.6. The number of ether oxygens (including phenoxy) is 7. The average Bonchev–Trinajstić information content (AvgIpc) is 2.82. The van der Waals surface area contributed by atoms with Crippen LogP contribution in [-0.2, 0) is 81.7 Å². The summed E-state index contributed by atoms with van der Waals surface area (Å²) < 4.78 is 151. The Kier molecular flexibility index (Phi) is 25.5. The molecule has 2 aliphatic heterocycles. The summed E-state index contributed by atoms with van der Waals surface area (Å²) in [4.78, 5) is 11.7. The molecule has 0 radical (unpaired) electrons. The van der Waals surface area contributed by atoms with Crippen molar-refractivity contribution in [3.05, 3.63) is 0 Å². The molecular formula is C16H24Na4O21S3. The number of carbonyl (C=O) groups is 1. The van der Waals surface area contributed by atoms with Crippen LogP contribution in [-0.4, -0.2) is 141 Å². The second-order valence-electron chi connectivity index (χ2n) is 7.86. The van der Waals surface area contributed by atoms with Gasteiger partial charge in [0, 0.05) is 28.4 Å². The summed E-state index contributed by atoms with van der Waals surface area (Å²) in [7, 11) is -12.9.